The van der Waals surface area contributed by atoms with Crippen LogP contribution in [0.1, 0.15) is 44.6 Å². The molecule has 16 nitrogen and oxygen atoms in total. The SMILES string of the molecule is CCCCOc1ccc(CCCC[C@@H](C(=O)O)N2CCN([C@@H](CO)C(=O)[O-])CCN([C@@H](CO)C(=O)[O-])CCN([C@@H](CO)C(=O)[O-])CC2)cc1.[Gd+3]. The van der Waals surface area contributed by atoms with Crippen LogP contribution in [0, 0.1) is 39.9 Å². The standard InChI is InChI=1S/C33H54N4O12.Gd/c1-2-3-20-49-25-10-8-24(9-11-25)6-4-5-7-26(30(41)42)34-12-14-35(27(21-38)31(43)44)16-18-37(29(23-40)33(47)48)19-17-36(15-13-34)28(22-39)32(45)46;/h8-11,26-29,38-40H,2-7,12-23H2,1H3,(H,41,42)(H,43,44)(H,45,46)(H,47,48);/q;+3/p-3/t26-,27-,28-,29-;/m0./s1. The van der Waals surface area contributed by atoms with Crippen molar-refractivity contribution >= 4 is 23.9 Å². The Bertz CT molecular complexity index is 1130. The number of unbranched alkanes of at least 4 members (excludes halogenated alkanes) is 2. The van der Waals surface area contributed by atoms with Crippen LogP contribution in [0.15, 0.2) is 24.3 Å². The second kappa shape index (κ2) is 25.0. The van der Waals surface area contributed by atoms with Crippen molar-refractivity contribution in [2.75, 3.05) is 78.8 Å². The monoisotopic (exact) mass is 853 g/mol. The maximum atomic E-state index is 12.6. The van der Waals surface area contributed by atoms with E-state index in [0.29, 0.717) is 25.9 Å². The first kappa shape index (κ1) is 46.0. The number of hydrogen-bond donors (Lipinski definition) is 4. The zero-order chi connectivity index (χ0) is 36.3. The summed E-state index contributed by atoms with van der Waals surface area (Å²) in [6, 6.07) is 2.23. The molecule has 1 aromatic carbocycles. The Labute approximate surface area is 325 Å². The molecule has 4 N–H and O–H groups in total. The first-order valence-electron chi connectivity index (χ1n) is 16.8. The summed E-state index contributed by atoms with van der Waals surface area (Å²) in [5.41, 5.74) is 1.07. The van der Waals surface area contributed by atoms with Crippen LogP contribution < -0.4 is 20.1 Å². The van der Waals surface area contributed by atoms with E-state index < -0.39 is 67.9 Å². The van der Waals surface area contributed by atoms with E-state index in [9.17, 15) is 54.9 Å². The van der Waals surface area contributed by atoms with Gasteiger partial charge in [0.1, 0.15) is 11.8 Å². The van der Waals surface area contributed by atoms with Gasteiger partial charge in [0.05, 0.1) is 62.5 Å². The Kier molecular flexibility index (Phi) is 23.0. The van der Waals surface area contributed by atoms with Crippen LogP contribution in [0.5, 0.6) is 5.75 Å². The molecule has 1 saturated heterocycles. The zero-order valence-electron chi connectivity index (χ0n) is 28.5. The molecule has 4 atom stereocenters. The van der Waals surface area contributed by atoms with Gasteiger partial charge in [-0.2, -0.15) is 0 Å². The maximum Gasteiger partial charge on any atom is 3.00 e. The summed E-state index contributed by atoms with van der Waals surface area (Å²) in [6.45, 7) is -0.430. The Morgan fingerprint density at radius 3 is 1.36 bits per heavy atom. The molecule has 17 heteroatoms. The molecule has 50 heavy (non-hydrogen) atoms. The first-order valence-corrected chi connectivity index (χ1v) is 16.8. The number of aliphatic hydroxyl groups excluding tert-OH is 3. The Morgan fingerprint density at radius 2 is 1.04 bits per heavy atom. The quantitative estimate of drug-likeness (QED) is 0.0906. The van der Waals surface area contributed by atoms with Gasteiger partial charge in [-0.1, -0.05) is 31.9 Å². The number of benzene rings is 1. The van der Waals surface area contributed by atoms with E-state index in [0.717, 1.165) is 24.2 Å². The Morgan fingerprint density at radius 1 is 0.660 bits per heavy atom. The van der Waals surface area contributed by atoms with Crippen molar-refractivity contribution in [1.82, 2.24) is 19.6 Å². The van der Waals surface area contributed by atoms with Crippen molar-refractivity contribution in [3.63, 3.8) is 0 Å². The minimum Gasteiger partial charge on any atom is -0.548 e. The molecule has 1 aliphatic heterocycles. The second-order valence-corrected chi connectivity index (χ2v) is 12.1. The average molecular weight is 853 g/mol. The molecular formula is C33H51GdN4O12. The van der Waals surface area contributed by atoms with E-state index in [1.165, 1.54) is 14.7 Å². The topological polar surface area (TPSA) is 241 Å². The fourth-order valence-electron chi connectivity index (χ4n) is 5.95. The van der Waals surface area contributed by atoms with Crippen molar-refractivity contribution in [2.24, 2.45) is 0 Å². The molecule has 0 amide bonds. The molecule has 0 bridgehead atoms. The van der Waals surface area contributed by atoms with E-state index in [4.69, 9.17) is 4.74 Å². The summed E-state index contributed by atoms with van der Waals surface area (Å²) >= 11 is 0. The average Bonchev–Trinajstić information content (AvgIpc) is 3.05. The summed E-state index contributed by atoms with van der Waals surface area (Å²) in [7, 11) is 0. The van der Waals surface area contributed by atoms with Crippen molar-refractivity contribution in [1.29, 1.82) is 0 Å². The zero-order valence-corrected chi connectivity index (χ0v) is 30.8. The van der Waals surface area contributed by atoms with Gasteiger partial charge >= 0.3 is 45.9 Å². The molecule has 1 radical (unpaired) electrons. The summed E-state index contributed by atoms with van der Waals surface area (Å²) in [5.74, 6) is -5.10. The molecular weight excluding hydrogens is 802 g/mol. The Hall–Kier alpha value is -2.06. The number of nitrogens with zero attached hydrogens (tertiary/aromatic N) is 4. The van der Waals surface area contributed by atoms with Crippen LogP contribution in [0.4, 0.5) is 0 Å². The predicted molar refractivity (Wildman–Crippen MR) is 170 cm³/mol. The molecule has 1 aliphatic rings. The normalized spacial score (nSPS) is 18.4. The van der Waals surface area contributed by atoms with Gasteiger partial charge in [0.25, 0.3) is 0 Å². The molecule has 0 spiro atoms. The summed E-state index contributed by atoms with van der Waals surface area (Å²) in [5, 5.41) is 75.4. The molecule has 2 rings (SSSR count). The molecule has 1 heterocycles. The number of aliphatic hydroxyl groups is 3. The summed E-state index contributed by atoms with van der Waals surface area (Å²) in [6.07, 6.45) is 4.15. The van der Waals surface area contributed by atoms with Crippen molar-refractivity contribution < 1.29 is 99.6 Å². The molecule has 283 valence electrons. The third-order valence-electron chi connectivity index (χ3n) is 8.96. The van der Waals surface area contributed by atoms with Crippen LogP contribution >= 0.6 is 0 Å². The molecule has 0 unspecified atom stereocenters. The number of carboxylic acid groups (broad SMARTS) is 4. The molecule has 0 aliphatic carbocycles. The third-order valence-corrected chi connectivity index (χ3v) is 8.96. The number of carbonyl (C=O) groups excluding carboxylic acids is 3. The largest absolute Gasteiger partial charge is 3.00 e. The maximum absolute atomic E-state index is 12.6. The van der Waals surface area contributed by atoms with Crippen LogP contribution in [0.25, 0.3) is 0 Å². The Balaban J connectivity index is 0.0000125. The van der Waals surface area contributed by atoms with Gasteiger partial charge in [-0.3, -0.25) is 24.4 Å². The predicted octanol–water partition coefficient (Wildman–Crippen LogP) is -4.41. The van der Waals surface area contributed by atoms with Gasteiger partial charge < -0.3 is 54.9 Å². The molecule has 1 aromatic rings. The van der Waals surface area contributed by atoms with E-state index >= 15 is 0 Å². The number of aliphatic carboxylic acids is 4. The van der Waals surface area contributed by atoms with Crippen LogP contribution in [-0.4, -0.2) is 167 Å². The first-order chi connectivity index (χ1) is 23.5. The number of hydrogen-bond acceptors (Lipinski definition) is 15. The van der Waals surface area contributed by atoms with Gasteiger partial charge in [-0.25, -0.2) is 0 Å². The van der Waals surface area contributed by atoms with Gasteiger partial charge in [0, 0.05) is 52.4 Å². The number of carbonyl (C=O) groups is 4. The number of aryl methyl sites for hydroxylation is 1. The fraction of sp³-hybridized carbons (Fsp3) is 0.697. The fourth-order valence-corrected chi connectivity index (χ4v) is 5.95. The minimum absolute atomic E-state index is 0. The smallest absolute Gasteiger partial charge is 0.548 e. The molecule has 0 saturated carbocycles. The van der Waals surface area contributed by atoms with Crippen molar-refractivity contribution in [3.05, 3.63) is 29.8 Å². The van der Waals surface area contributed by atoms with Gasteiger partial charge in [0.2, 0.25) is 0 Å². The van der Waals surface area contributed by atoms with Crippen LogP contribution in [0.2, 0.25) is 0 Å². The van der Waals surface area contributed by atoms with E-state index in [-0.39, 0.29) is 98.7 Å². The molecule has 1 fully saturated rings. The van der Waals surface area contributed by atoms with Crippen LogP contribution in [0.3, 0.4) is 0 Å². The van der Waals surface area contributed by atoms with E-state index in [1.807, 2.05) is 24.3 Å². The third kappa shape index (κ3) is 15.3. The minimum atomic E-state index is -1.60. The summed E-state index contributed by atoms with van der Waals surface area (Å²) < 4.78 is 5.70. The van der Waals surface area contributed by atoms with Gasteiger partial charge in [-0.15, -0.1) is 0 Å². The van der Waals surface area contributed by atoms with Gasteiger partial charge in [0.15, 0.2) is 0 Å². The van der Waals surface area contributed by atoms with E-state index in [1.54, 1.807) is 4.90 Å². The number of rotatable bonds is 20. The van der Waals surface area contributed by atoms with Gasteiger partial charge in [-0.05, 0) is 43.4 Å². The van der Waals surface area contributed by atoms with Crippen LogP contribution in [-0.2, 0) is 25.6 Å². The summed E-state index contributed by atoms with van der Waals surface area (Å²) in [4.78, 5) is 53.8. The number of carboxylic acids is 4. The molecule has 0 aromatic heterocycles. The van der Waals surface area contributed by atoms with Crippen molar-refractivity contribution in [2.45, 2.75) is 69.6 Å². The second-order valence-electron chi connectivity index (χ2n) is 12.1. The van der Waals surface area contributed by atoms with E-state index in [2.05, 4.69) is 6.92 Å². The van der Waals surface area contributed by atoms with Crippen molar-refractivity contribution in [3.8, 4) is 5.75 Å². The number of ether oxygens (including phenoxy) is 1.